The van der Waals surface area contributed by atoms with Crippen LogP contribution in [0.5, 0.6) is 11.5 Å². The van der Waals surface area contributed by atoms with Crippen molar-refractivity contribution in [3.8, 4) is 17.6 Å². The van der Waals surface area contributed by atoms with Gasteiger partial charge in [0.25, 0.3) is 11.8 Å². The Balaban J connectivity index is 1.96. The van der Waals surface area contributed by atoms with E-state index in [4.69, 9.17) is 37.9 Å². The van der Waals surface area contributed by atoms with Gasteiger partial charge in [-0.05, 0) is 67.3 Å². The maximum Gasteiger partial charge on any atom is 0.262 e. The molecule has 0 saturated heterocycles. The number of nitrogens with one attached hydrogen (secondary N) is 2. The first kappa shape index (κ1) is 27.0. The first-order chi connectivity index (χ1) is 16.2. The van der Waals surface area contributed by atoms with Crippen LogP contribution in [0.15, 0.2) is 47.6 Å². The average molecular weight is 505 g/mol. The lowest BCUT2D eigenvalue weighted by molar-refractivity contribution is -0.132. The van der Waals surface area contributed by atoms with Crippen LogP contribution in [0.1, 0.15) is 32.8 Å². The van der Waals surface area contributed by atoms with E-state index in [-0.39, 0.29) is 17.5 Å². The van der Waals surface area contributed by atoms with Crippen molar-refractivity contribution in [2.75, 3.05) is 6.61 Å². The zero-order valence-corrected chi connectivity index (χ0v) is 20.6. The molecule has 2 amide bonds. The zero-order valence-electron chi connectivity index (χ0n) is 19.0. The number of carbonyl (C=O) groups is 2. The summed E-state index contributed by atoms with van der Waals surface area (Å²) in [5.74, 6) is 0.0848. The normalized spacial score (nSPS) is 12.6. The minimum absolute atomic E-state index is 0.0388. The SMILES string of the molecule is CC(C)C[C@H](NC(=O)[C@@H](C)Oc1ccc(Cl)cc1Cl)C(=O)N/N=C\c1ccc(OCC#N)cc1. The van der Waals surface area contributed by atoms with Gasteiger partial charge in [-0.25, -0.2) is 5.43 Å². The Morgan fingerprint density at radius 2 is 1.82 bits per heavy atom. The van der Waals surface area contributed by atoms with Gasteiger partial charge in [-0.15, -0.1) is 0 Å². The van der Waals surface area contributed by atoms with Gasteiger partial charge in [0.05, 0.1) is 11.2 Å². The van der Waals surface area contributed by atoms with Gasteiger partial charge in [0, 0.05) is 5.02 Å². The van der Waals surface area contributed by atoms with E-state index in [1.165, 1.54) is 12.3 Å². The summed E-state index contributed by atoms with van der Waals surface area (Å²) in [4.78, 5) is 25.4. The topological polar surface area (TPSA) is 113 Å². The smallest absolute Gasteiger partial charge is 0.262 e. The summed E-state index contributed by atoms with van der Waals surface area (Å²) in [6, 6.07) is 12.6. The molecular formula is C24H26Cl2N4O4. The van der Waals surface area contributed by atoms with Gasteiger partial charge in [0.15, 0.2) is 12.7 Å². The molecule has 0 spiro atoms. The first-order valence-corrected chi connectivity index (χ1v) is 11.3. The Hall–Kier alpha value is -3.28. The second kappa shape index (κ2) is 13.4. The van der Waals surface area contributed by atoms with E-state index >= 15 is 0 Å². The Morgan fingerprint density at radius 3 is 2.44 bits per heavy atom. The van der Waals surface area contributed by atoms with Crippen molar-refractivity contribution >= 4 is 41.2 Å². The van der Waals surface area contributed by atoms with Crippen molar-refractivity contribution in [1.82, 2.24) is 10.7 Å². The molecule has 0 unspecified atom stereocenters. The molecule has 8 nitrogen and oxygen atoms in total. The summed E-state index contributed by atoms with van der Waals surface area (Å²) in [6.07, 6.45) is 0.979. The molecule has 2 atom stereocenters. The van der Waals surface area contributed by atoms with Crippen LogP contribution in [0.2, 0.25) is 10.0 Å². The maximum absolute atomic E-state index is 12.7. The molecule has 2 aromatic rings. The van der Waals surface area contributed by atoms with Gasteiger partial charge in [0.2, 0.25) is 0 Å². The van der Waals surface area contributed by atoms with E-state index in [1.54, 1.807) is 43.3 Å². The van der Waals surface area contributed by atoms with Gasteiger partial charge >= 0.3 is 0 Å². The molecule has 0 bridgehead atoms. The number of hydrogen-bond donors (Lipinski definition) is 2. The van der Waals surface area contributed by atoms with Gasteiger partial charge in [-0.2, -0.15) is 10.4 Å². The molecular weight excluding hydrogens is 479 g/mol. The number of rotatable bonds is 11. The molecule has 0 aliphatic heterocycles. The molecule has 2 aromatic carbocycles. The Bertz CT molecular complexity index is 1050. The van der Waals surface area contributed by atoms with Crippen molar-refractivity contribution in [2.24, 2.45) is 11.0 Å². The number of nitrogens with zero attached hydrogens (tertiary/aromatic N) is 2. The second-order valence-electron chi connectivity index (χ2n) is 7.78. The highest BCUT2D eigenvalue weighted by Crippen LogP contribution is 2.28. The lowest BCUT2D eigenvalue weighted by Gasteiger charge is -2.22. The lowest BCUT2D eigenvalue weighted by atomic mass is 10.0. The molecule has 0 saturated carbocycles. The molecule has 0 aromatic heterocycles. The summed E-state index contributed by atoms with van der Waals surface area (Å²) in [7, 11) is 0. The van der Waals surface area contributed by atoms with Crippen molar-refractivity contribution in [3.05, 3.63) is 58.1 Å². The second-order valence-corrected chi connectivity index (χ2v) is 8.62. The Labute approximate surface area is 208 Å². The van der Waals surface area contributed by atoms with Crippen LogP contribution in [0.25, 0.3) is 0 Å². The average Bonchev–Trinajstić information content (AvgIpc) is 2.79. The molecule has 10 heteroatoms. The highest BCUT2D eigenvalue weighted by Gasteiger charge is 2.25. The van der Waals surface area contributed by atoms with Gasteiger partial charge < -0.3 is 14.8 Å². The van der Waals surface area contributed by atoms with Crippen molar-refractivity contribution in [3.63, 3.8) is 0 Å². The number of benzene rings is 2. The fourth-order valence-electron chi connectivity index (χ4n) is 2.82. The Kier molecular flexibility index (Phi) is 10.7. The monoisotopic (exact) mass is 504 g/mol. The number of amides is 2. The third-order valence-electron chi connectivity index (χ3n) is 4.48. The molecule has 0 aliphatic carbocycles. The predicted octanol–water partition coefficient (Wildman–Crippen LogP) is 4.34. The van der Waals surface area contributed by atoms with E-state index in [2.05, 4.69) is 15.8 Å². The lowest BCUT2D eigenvalue weighted by Crippen LogP contribution is -2.49. The molecule has 2 rings (SSSR count). The molecule has 0 radical (unpaired) electrons. The quantitative estimate of drug-likeness (QED) is 0.349. The third kappa shape index (κ3) is 8.93. The standard InChI is InChI=1S/C24H26Cl2N4O4/c1-15(2)12-21(29-23(31)16(3)34-22-9-6-18(25)13-20(22)26)24(32)30-28-14-17-4-7-19(8-5-17)33-11-10-27/h4-9,13-16,21H,11-12H2,1-3H3,(H,29,31)(H,30,32)/b28-14-/t16-,21+/m1/s1. The fourth-order valence-corrected chi connectivity index (χ4v) is 3.27. The predicted molar refractivity (Wildman–Crippen MR) is 131 cm³/mol. The van der Waals surface area contributed by atoms with E-state index in [9.17, 15) is 9.59 Å². The minimum Gasteiger partial charge on any atom is -0.479 e. The van der Waals surface area contributed by atoms with Gasteiger partial charge in [-0.1, -0.05) is 37.0 Å². The highest BCUT2D eigenvalue weighted by atomic mass is 35.5. The van der Waals surface area contributed by atoms with Crippen LogP contribution >= 0.6 is 23.2 Å². The number of hydrazone groups is 1. The van der Waals surface area contributed by atoms with Crippen LogP contribution in [0.3, 0.4) is 0 Å². The summed E-state index contributed by atoms with van der Waals surface area (Å²) in [5.41, 5.74) is 3.18. The van der Waals surface area contributed by atoms with Crippen LogP contribution in [-0.2, 0) is 9.59 Å². The van der Waals surface area contributed by atoms with Crippen LogP contribution < -0.4 is 20.2 Å². The van der Waals surface area contributed by atoms with E-state index < -0.39 is 24.0 Å². The molecule has 34 heavy (non-hydrogen) atoms. The molecule has 2 N–H and O–H groups in total. The first-order valence-electron chi connectivity index (χ1n) is 10.5. The van der Waals surface area contributed by atoms with Crippen LogP contribution in [0, 0.1) is 17.2 Å². The summed E-state index contributed by atoms with van der Waals surface area (Å²) in [5, 5.41) is 16.0. The molecule has 0 heterocycles. The number of halogens is 2. The van der Waals surface area contributed by atoms with E-state index in [1.807, 2.05) is 19.9 Å². The molecule has 0 fully saturated rings. The number of carbonyl (C=O) groups excluding carboxylic acids is 2. The van der Waals surface area contributed by atoms with E-state index in [0.717, 1.165) is 5.56 Å². The zero-order chi connectivity index (χ0) is 25.1. The summed E-state index contributed by atoms with van der Waals surface area (Å²) >= 11 is 12.0. The van der Waals surface area contributed by atoms with Crippen molar-refractivity contribution in [2.45, 2.75) is 39.3 Å². The summed E-state index contributed by atoms with van der Waals surface area (Å²) < 4.78 is 10.8. The van der Waals surface area contributed by atoms with Crippen LogP contribution in [0.4, 0.5) is 0 Å². The van der Waals surface area contributed by atoms with Crippen LogP contribution in [-0.4, -0.2) is 36.8 Å². The molecule has 0 aliphatic rings. The van der Waals surface area contributed by atoms with Gasteiger partial charge in [0.1, 0.15) is 23.6 Å². The minimum atomic E-state index is -0.897. The number of ether oxygens (including phenoxy) is 2. The van der Waals surface area contributed by atoms with Crippen molar-refractivity contribution in [1.29, 1.82) is 5.26 Å². The van der Waals surface area contributed by atoms with E-state index in [0.29, 0.717) is 22.9 Å². The summed E-state index contributed by atoms with van der Waals surface area (Å²) in [6.45, 7) is 5.41. The number of hydrogen-bond acceptors (Lipinski definition) is 6. The largest absolute Gasteiger partial charge is 0.479 e. The molecule has 180 valence electrons. The highest BCUT2D eigenvalue weighted by molar-refractivity contribution is 6.35. The van der Waals surface area contributed by atoms with Gasteiger partial charge in [-0.3, -0.25) is 9.59 Å². The Morgan fingerprint density at radius 1 is 1.12 bits per heavy atom. The maximum atomic E-state index is 12.7. The number of nitriles is 1. The fraction of sp³-hybridized carbons (Fsp3) is 0.333. The third-order valence-corrected chi connectivity index (χ3v) is 5.01. The van der Waals surface area contributed by atoms with Crippen molar-refractivity contribution < 1.29 is 19.1 Å².